The Bertz CT molecular complexity index is 883. The van der Waals surface area contributed by atoms with Crippen LogP contribution in [0.1, 0.15) is 17.2 Å². The van der Waals surface area contributed by atoms with Gasteiger partial charge in [0.2, 0.25) is 0 Å². The molecule has 3 rings (SSSR count). The molecule has 0 fully saturated rings. The van der Waals surface area contributed by atoms with E-state index in [9.17, 15) is 0 Å². The average molecular weight is 459 g/mol. The summed E-state index contributed by atoms with van der Waals surface area (Å²) in [6.45, 7) is 9.04. The van der Waals surface area contributed by atoms with Crippen molar-refractivity contribution < 1.29 is 0 Å². The van der Waals surface area contributed by atoms with Crippen LogP contribution in [0.2, 0.25) is 0 Å². The highest BCUT2D eigenvalue weighted by Crippen LogP contribution is 2.29. The quantitative estimate of drug-likeness (QED) is 0.123. The fourth-order valence-corrected chi connectivity index (χ4v) is 2.85. The number of thiol groups is 2. The minimum Gasteiger partial charge on any atom is -0.321 e. The van der Waals surface area contributed by atoms with E-state index in [1.165, 1.54) is 34.2 Å². The molecule has 0 heterocycles. The van der Waals surface area contributed by atoms with E-state index < -0.39 is 0 Å². The minimum absolute atomic E-state index is 0.126. The first-order chi connectivity index (χ1) is 14.6. The minimum atomic E-state index is -0.126. The van der Waals surface area contributed by atoms with Gasteiger partial charge < -0.3 is 10.7 Å². The van der Waals surface area contributed by atoms with Crippen molar-refractivity contribution in [1.29, 1.82) is 0 Å². The SMILES string of the molecule is C=CC(N)c1cccc(-c2ccc(-c3ccccc3)cc2C)c1.C=NC.CCl.SS. The van der Waals surface area contributed by atoms with Crippen LogP contribution in [0.3, 0.4) is 0 Å². The number of hydrogen-bond acceptors (Lipinski definition) is 4. The molecule has 0 aliphatic rings. The fraction of sp³-hybridized carbons (Fsp3) is 0.160. The Morgan fingerprint density at radius 1 is 0.900 bits per heavy atom. The van der Waals surface area contributed by atoms with E-state index in [0.717, 1.165) is 5.56 Å². The highest BCUT2D eigenvalue weighted by molar-refractivity contribution is 8.59. The largest absolute Gasteiger partial charge is 0.321 e. The summed E-state index contributed by atoms with van der Waals surface area (Å²) >= 11 is 11.1. The number of nitrogens with zero attached hydrogens (tertiary/aromatic N) is 1. The summed E-state index contributed by atoms with van der Waals surface area (Å²) in [5.74, 6) is 0. The van der Waals surface area contributed by atoms with Crippen molar-refractivity contribution in [3.8, 4) is 22.3 Å². The topological polar surface area (TPSA) is 38.4 Å². The zero-order valence-electron chi connectivity index (χ0n) is 17.8. The third kappa shape index (κ3) is 8.80. The number of hydrogen-bond donors (Lipinski definition) is 3. The van der Waals surface area contributed by atoms with Crippen LogP contribution in [-0.4, -0.2) is 20.1 Å². The lowest BCUT2D eigenvalue weighted by atomic mass is 9.94. The predicted molar refractivity (Wildman–Crippen MR) is 144 cm³/mol. The van der Waals surface area contributed by atoms with Crippen molar-refractivity contribution >= 4 is 41.6 Å². The first-order valence-electron chi connectivity index (χ1n) is 9.18. The van der Waals surface area contributed by atoms with Crippen LogP contribution >= 0.6 is 34.9 Å². The van der Waals surface area contributed by atoms with Crippen LogP contribution < -0.4 is 5.73 Å². The Balaban J connectivity index is 0.00000108. The second kappa shape index (κ2) is 16.8. The third-order valence-electron chi connectivity index (χ3n) is 4.17. The number of aryl methyl sites for hydroxylation is 1. The van der Waals surface area contributed by atoms with Crippen molar-refractivity contribution in [2.24, 2.45) is 10.7 Å². The van der Waals surface area contributed by atoms with Gasteiger partial charge in [-0.1, -0.05) is 72.8 Å². The Morgan fingerprint density at radius 3 is 2.00 bits per heavy atom. The zero-order chi connectivity index (χ0) is 22.9. The molecule has 0 radical (unpaired) electrons. The molecule has 0 saturated carbocycles. The Hall–Kier alpha value is -1.98. The molecular weight excluding hydrogens is 428 g/mol. The van der Waals surface area contributed by atoms with Crippen molar-refractivity contribution in [1.82, 2.24) is 0 Å². The smallest absolute Gasteiger partial charge is 0.0478 e. The molecular formula is C25H31ClN2S2. The Morgan fingerprint density at radius 2 is 1.47 bits per heavy atom. The number of nitrogens with two attached hydrogens (primary N) is 1. The van der Waals surface area contributed by atoms with E-state index in [1.54, 1.807) is 13.1 Å². The molecule has 0 spiro atoms. The van der Waals surface area contributed by atoms with Gasteiger partial charge in [0, 0.05) is 19.5 Å². The van der Waals surface area contributed by atoms with Crippen molar-refractivity contribution in [3.05, 3.63) is 96.6 Å². The molecule has 1 unspecified atom stereocenters. The molecule has 30 heavy (non-hydrogen) atoms. The summed E-state index contributed by atoms with van der Waals surface area (Å²) in [5, 5.41) is 0. The Labute approximate surface area is 197 Å². The van der Waals surface area contributed by atoms with Gasteiger partial charge in [0.15, 0.2) is 0 Å². The molecule has 0 aliphatic carbocycles. The van der Waals surface area contributed by atoms with E-state index >= 15 is 0 Å². The van der Waals surface area contributed by atoms with E-state index in [0.29, 0.717) is 0 Å². The summed E-state index contributed by atoms with van der Waals surface area (Å²) in [4.78, 5) is 3.25. The molecule has 3 aromatic rings. The molecule has 0 aliphatic heterocycles. The van der Waals surface area contributed by atoms with E-state index in [-0.39, 0.29) is 6.04 Å². The van der Waals surface area contributed by atoms with E-state index in [1.807, 2.05) is 12.1 Å². The van der Waals surface area contributed by atoms with Crippen molar-refractivity contribution in [2.45, 2.75) is 13.0 Å². The van der Waals surface area contributed by atoms with Gasteiger partial charge in [-0.3, -0.25) is 0 Å². The van der Waals surface area contributed by atoms with Gasteiger partial charge in [-0.25, -0.2) is 0 Å². The summed E-state index contributed by atoms with van der Waals surface area (Å²) in [6, 6.07) is 25.3. The fourth-order valence-electron chi connectivity index (χ4n) is 2.85. The van der Waals surface area contributed by atoms with Gasteiger partial charge in [0.05, 0.1) is 0 Å². The van der Waals surface area contributed by atoms with Gasteiger partial charge in [-0.15, -0.1) is 41.5 Å². The molecule has 2 nitrogen and oxygen atoms in total. The van der Waals surface area contributed by atoms with Crippen LogP contribution in [0.15, 0.2) is 90.4 Å². The monoisotopic (exact) mass is 458 g/mol. The molecule has 5 heteroatoms. The maximum atomic E-state index is 6.06. The van der Waals surface area contributed by atoms with Crippen molar-refractivity contribution in [3.63, 3.8) is 0 Å². The van der Waals surface area contributed by atoms with Crippen LogP contribution in [0.25, 0.3) is 22.3 Å². The average Bonchev–Trinajstić information content (AvgIpc) is 2.82. The standard InChI is InChI=1S/C22H21N.C2H5N.CH3Cl.H2S2/c1-3-22(23)20-11-7-10-19(15-20)21-13-12-18(14-16(21)2)17-8-5-4-6-9-17;1-3-2;2*1-2/h3-15,22H,1,23H2,2H3;1H2,2H3;1H3;1-2H. The summed E-state index contributed by atoms with van der Waals surface area (Å²) in [5.41, 5.74) is 13.3. The summed E-state index contributed by atoms with van der Waals surface area (Å²) < 4.78 is 0. The molecule has 0 amide bonds. The molecule has 160 valence electrons. The van der Waals surface area contributed by atoms with Gasteiger partial charge in [0.25, 0.3) is 0 Å². The first-order valence-corrected chi connectivity index (χ1v) is 11.5. The lowest BCUT2D eigenvalue weighted by molar-refractivity contribution is 0.915. The van der Waals surface area contributed by atoms with Gasteiger partial charge in [-0.2, -0.15) is 0 Å². The molecule has 3 aromatic carbocycles. The normalized spacial score (nSPS) is 9.97. The van der Waals surface area contributed by atoms with E-state index in [2.05, 4.69) is 121 Å². The second-order valence-corrected chi connectivity index (χ2v) is 6.10. The van der Waals surface area contributed by atoms with Crippen LogP contribution in [0, 0.1) is 6.92 Å². The Kier molecular flexibility index (Phi) is 15.7. The molecule has 0 bridgehead atoms. The van der Waals surface area contributed by atoms with Gasteiger partial charge in [0.1, 0.15) is 0 Å². The zero-order valence-corrected chi connectivity index (χ0v) is 20.3. The van der Waals surface area contributed by atoms with Gasteiger partial charge in [-0.05, 0) is 53.1 Å². The number of benzene rings is 3. The maximum absolute atomic E-state index is 6.06. The summed E-state index contributed by atoms with van der Waals surface area (Å²) in [7, 11) is 1.64. The molecule has 0 saturated heterocycles. The third-order valence-corrected chi connectivity index (χ3v) is 4.17. The number of aliphatic imine (C=N–C) groups is 1. The van der Waals surface area contributed by atoms with Crippen LogP contribution in [0.5, 0.6) is 0 Å². The number of rotatable bonds is 4. The molecule has 0 aromatic heterocycles. The lowest BCUT2D eigenvalue weighted by Gasteiger charge is -2.12. The maximum Gasteiger partial charge on any atom is 0.0478 e. The molecule has 1 atom stereocenters. The number of alkyl halides is 1. The highest BCUT2D eigenvalue weighted by Gasteiger charge is 2.07. The molecule has 2 N–H and O–H groups in total. The van der Waals surface area contributed by atoms with Crippen molar-refractivity contribution in [2.75, 3.05) is 13.4 Å². The second-order valence-electron chi connectivity index (χ2n) is 6.10. The predicted octanol–water partition coefficient (Wildman–Crippen LogP) is 7.45. The van der Waals surface area contributed by atoms with Crippen LogP contribution in [0.4, 0.5) is 0 Å². The number of halogens is 1. The summed E-state index contributed by atoms with van der Waals surface area (Å²) in [6.07, 6.45) is 3.24. The van der Waals surface area contributed by atoms with Gasteiger partial charge >= 0.3 is 0 Å². The first kappa shape index (κ1) is 28.0. The lowest BCUT2D eigenvalue weighted by Crippen LogP contribution is -2.06. The van der Waals surface area contributed by atoms with E-state index in [4.69, 9.17) is 5.73 Å². The van der Waals surface area contributed by atoms with Crippen LogP contribution in [-0.2, 0) is 0 Å². The highest BCUT2D eigenvalue weighted by atomic mass is 35.5.